The first kappa shape index (κ1) is 17.5. The average Bonchev–Trinajstić information content (AvgIpc) is 3.01. The van der Waals surface area contributed by atoms with E-state index in [1.165, 1.54) is 16.5 Å². The zero-order chi connectivity index (χ0) is 17.9. The van der Waals surface area contributed by atoms with Crippen LogP contribution in [0.15, 0.2) is 47.7 Å². The molecule has 25 heavy (non-hydrogen) atoms. The summed E-state index contributed by atoms with van der Waals surface area (Å²) in [6.45, 7) is 1.77. The molecule has 1 aliphatic heterocycles. The minimum absolute atomic E-state index is 0.639. The second-order valence-corrected chi connectivity index (χ2v) is 6.99. The minimum Gasteiger partial charge on any atom is -0.361 e. The smallest absolute Gasteiger partial charge is 0.199 e. The Labute approximate surface area is 149 Å². The van der Waals surface area contributed by atoms with Crippen LogP contribution in [0.5, 0.6) is 0 Å². The molecule has 6 nitrogen and oxygen atoms in total. The molecule has 1 atom stereocenters. The molecule has 3 rings (SSSR count). The van der Waals surface area contributed by atoms with E-state index in [-0.39, 0.29) is 0 Å². The number of nitrogens with zero attached hydrogens (tertiary/aromatic N) is 3. The van der Waals surface area contributed by atoms with Crippen molar-refractivity contribution in [3.05, 3.63) is 48.3 Å². The Balaban J connectivity index is 1.64. The summed E-state index contributed by atoms with van der Waals surface area (Å²) >= 11 is 0. The van der Waals surface area contributed by atoms with Gasteiger partial charge in [0, 0.05) is 49.9 Å². The van der Waals surface area contributed by atoms with E-state index in [0.717, 1.165) is 31.9 Å². The van der Waals surface area contributed by atoms with Crippen LogP contribution in [0.2, 0.25) is 0 Å². The average molecular weight is 340 g/mol. The number of para-hydroxylation sites is 1. The SMILES string of the molecule is CN(C)CCC1(N)C=CNC(N(C)CCc2c[nH]c3ccccc23)=N1. The molecular formula is C19H28N6. The Bertz CT molecular complexity index is 775. The maximum absolute atomic E-state index is 6.43. The molecule has 134 valence electrons. The van der Waals surface area contributed by atoms with E-state index in [1.54, 1.807) is 0 Å². The second kappa shape index (κ2) is 7.29. The maximum atomic E-state index is 6.43. The fraction of sp³-hybridized carbons (Fsp3) is 0.421. The predicted molar refractivity (Wildman–Crippen MR) is 104 cm³/mol. The van der Waals surface area contributed by atoms with Gasteiger partial charge >= 0.3 is 0 Å². The zero-order valence-corrected chi connectivity index (χ0v) is 15.3. The van der Waals surface area contributed by atoms with Crippen molar-refractivity contribution in [3.63, 3.8) is 0 Å². The molecule has 0 aliphatic carbocycles. The van der Waals surface area contributed by atoms with Gasteiger partial charge in [0.2, 0.25) is 0 Å². The van der Waals surface area contributed by atoms with E-state index in [4.69, 9.17) is 10.7 Å². The lowest BCUT2D eigenvalue weighted by Crippen LogP contribution is -2.48. The Kier molecular flexibility index (Phi) is 5.11. The van der Waals surface area contributed by atoms with Gasteiger partial charge in [-0.3, -0.25) is 0 Å². The Hall–Kier alpha value is -2.31. The van der Waals surface area contributed by atoms with Gasteiger partial charge in [-0.2, -0.15) is 0 Å². The zero-order valence-electron chi connectivity index (χ0n) is 15.3. The Morgan fingerprint density at radius 1 is 1.16 bits per heavy atom. The highest BCUT2D eigenvalue weighted by molar-refractivity contribution is 5.84. The molecule has 6 heteroatoms. The molecular weight excluding hydrogens is 312 g/mol. The van der Waals surface area contributed by atoms with E-state index in [0.29, 0.717) is 0 Å². The van der Waals surface area contributed by atoms with Crippen molar-refractivity contribution in [1.82, 2.24) is 20.1 Å². The first-order chi connectivity index (χ1) is 12.0. The van der Waals surface area contributed by atoms with Crippen LogP contribution in [0.3, 0.4) is 0 Å². The van der Waals surface area contributed by atoms with Crippen LogP contribution in [0, 0.1) is 0 Å². The maximum Gasteiger partial charge on any atom is 0.199 e. The molecule has 0 fully saturated rings. The summed E-state index contributed by atoms with van der Waals surface area (Å²) in [4.78, 5) is 12.3. The fourth-order valence-corrected chi connectivity index (χ4v) is 3.00. The van der Waals surface area contributed by atoms with Crippen LogP contribution < -0.4 is 11.1 Å². The first-order valence-corrected chi connectivity index (χ1v) is 8.71. The summed E-state index contributed by atoms with van der Waals surface area (Å²) in [5.74, 6) is 0.823. The molecule has 1 unspecified atom stereocenters. The van der Waals surface area contributed by atoms with Crippen LogP contribution in [0.25, 0.3) is 10.9 Å². The number of benzene rings is 1. The van der Waals surface area contributed by atoms with Gasteiger partial charge in [-0.25, -0.2) is 4.99 Å². The van der Waals surface area contributed by atoms with Crippen LogP contribution in [0.4, 0.5) is 0 Å². The van der Waals surface area contributed by atoms with Crippen molar-refractivity contribution in [3.8, 4) is 0 Å². The summed E-state index contributed by atoms with van der Waals surface area (Å²) in [6, 6.07) is 8.39. The van der Waals surface area contributed by atoms with Gasteiger partial charge < -0.3 is 25.8 Å². The molecule has 4 N–H and O–H groups in total. The molecule has 1 aromatic heterocycles. The van der Waals surface area contributed by atoms with Crippen LogP contribution in [-0.2, 0) is 6.42 Å². The number of rotatable bonds is 6. The number of nitrogens with one attached hydrogen (secondary N) is 2. The summed E-state index contributed by atoms with van der Waals surface area (Å²) < 4.78 is 0. The van der Waals surface area contributed by atoms with Crippen LogP contribution in [0.1, 0.15) is 12.0 Å². The number of H-pyrrole nitrogens is 1. The van der Waals surface area contributed by atoms with Gasteiger partial charge in [-0.05, 0) is 38.2 Å². The van der Waals surface area contributed by atoms with Gasteiger partial charge in [-0.1, -0.05) is 18.2 Å². The Morgan fingerprint density at radius 3 is 2.76 bits per heavy atom. The van der Waals surface area contributed by atoms with Crippen molar-refractivity contribution >= 4 is 16.9 Å². The van der Waals surface area contributed by atoms with Crippen molar-refractivity contribution < 1.29 is 0 Å². The molecule has 1 aliphatic rings. The van der Waals surface area contributed by atoms with E-state index >= 15 is 0 Å². The normalized spacial score (nSPS) is 20.0. The molecule has 0 bridgehead atoms. The lowest BCUT2D eigenvalue weighted by Gasteiger charge is -2.31. The van der Waals surface area contributed by atoms with E-state index in [1.807, 2.05) is 33.4 Å². The fourth-order valence-electron chi connectivity index (χ4n) is 3.00. The van der Waals surface area contributed by atoms with Crippen LogP contribution >= 0.6 is 0 Å². The number of fused-ring (bicyclic) bond motifs is 1. The quantitative estimate of drug-likeness (QED) is 0.749. The first-order valence-electron chi connectivity index (χ1n) is 8.71. The lowest BCUT2D eigenvalue weighted by molar-refractivity contribution is 0.348. The topological polar surface area (TPSA) is 72.7 Å². The molecule has 0 saturated heterocycles. The summed E-state index contributed by atoms with van der Waals surface area (Å²) in [7, 11) is 6.14. The second-order valence-electron chi connectivity index (χ2n) is 6.99. The summed E-state index contributed by atoms with van der Waals surface area (Å²) in [5.41, 5.74) is 8.29. The number of aliphatic imine (C=N–C) groups is 1. The van der Waals surface area contributed by atoms with Gasteiger partial charge in [-0.15, -0.1) is 0 Å². The van der Waals surface area contributed by atoms with Gasteiger partial charge in [0.15, 0.2) is 5.96 Å². The lowest BCUT2D eigenvalue weighted by atomic mass is 10.1. The number of likely N-dealkylation sites (N-methyl/N-ethyl adjacent to an activating group) is 1. The third-order valence-corrected chi connectivity index (χ3v) is 4.61. The van der Waals surface area contributed by atoms with E-state index in [2.05, 4.69) is 50.6 Å². The van der Waals surface area contributed by atoms with Gasteiger partial charge in [0.25, 0.3) is 0 Å². The number of nitrogens with two attached hydrogens (primary N) is 1. The number of hydrogen-bond acceptors (Lipinski definition) is 5. The highest BCUT2D eigenvalue weighted by atomic mass is 15.3. The highest BCUT2D eigenvalue weighted by Gasteiger charge is 2.25. The monoisotopic (exact) mass is 340 g/mol. The Morgan fingerprint density at radius 2 is 1.96 bits per heavy atom. The molecule has 0 amide bonds. The minimum atomic E-state index is -0.639. The predicted octanol–water partition coefficient (Wildman–Crippen LogP) is 1.72. The van der Waals surface area contributed by atoms with Crippen molar-refractivity contribution in [2.45, 2.75) is 18.5 Å². The highest BCUT2D eigenvalue weighted by Crippen LogP contribution is 2.19. The van der Waals surface area contributed by atoms with Crippen molar-refractivity contribution in [2.24, 2.45) is 10.7 Å². The third-order valence-electron chi connectivity index (χ3n) is 4.61. The summed E-state index contributed by atoms with van der Waals surface area (Å²) in [6.07, 6.45) is 7.67. The van der Waals surface area contributed by atoms with Gasteiger partial charge in [0.05, 0.1) is 0 Å². The van der Waals surface area contributed by atoms with Crippen molar-refractivity contribution in [1.29, 1.82) is 0 Å². The molecule has 0 spiro atoms. The third kappa shape index (κ3) is 4.21. The molecule has 0 saturated carbocycles. The number of aromatic amines is 1. The van der Waals surface area contributed by atoms with Gasteiger partial charge in [0.1, 0.15) is 5.66 Å². The number of guanidine groups is 1. The summed E-state index contributed by atoms with van der Waals surface area (Å²) in [5, 5.41) is 4.51. The molecule has 1 aromatic carbocycles. The largest absolute Gasteiger partial charge is 0.361 e. The number of hydrogen-bond donors (Lipinski definition) is 3. The van der Waals surface area contributed by atoms with E-state index < -0.39 is 5.66 Å². The molecule has 0 radical (unpaired) electrons. The van der Waals surface area contributed by atoms with Crippen LogP contribution in [-0.4, -0.2) is 60.6 Å². The molecule has 2 heterocycles. The number of aromatic nitrogens is 1. The standard InChI is InChI=1S/C19H28N6/c1-24(2)13-10-19(20)9-11-21-18(23-19)25(3)12-8-15-14-22-17-7-5-4-6-16(15)17/h4-7,9,11,14,22H,8,10,12-13,20H2,1-3H3,(H,21,23). The molecule has 2 aromatic rings. The van der Waals surface area contributed by atoms with Crippen molar-refractivity contribution in [2.75, 3.05) is 34.2 Å². The van der Waals surface area contributed by atoms with E-state index in [9.17, 15) is 0 Å².